The zero-order chi connectivity index (χ0) is 13.7. The highest BCUT2D eigenvalue weighted by Gasteiger charge is 2.32. The molecule has 2 heterocycles. The van der Waals surface area contributed by atoms with Gasteiger partial charge in [0.25, 0.3) is 0 Å². The zero-order valence-electron chi connectivity index (χ0n) is 10.6. The minimum absolute atomic E-state index is 0.337. The molecule has 1 aromatic rings. The molecule has 3 nitrogen and oxygen atoms in total. The molecule has 1 fully saturated rings. The van der Waals surface area contributed by atoms with Gasteiger partial charge in [-0.2, -0.15) is 13.2 Å². The Kier molecular flexibility index (Phi) is 5.18. The van der Waals surface area contributed by atoms with Crippen LogP contribution >= 0.6 is 11.3 Å². The lowest BCUT2D eigenvalue weighted by atomic mass is 10.1. The first-order chi connectivity index (χ1) is 9.03. The number of aromatic nitrogens is 1. The fourth-order valence-corrected chi connectivity index (χ4v) is 2.93. The van der Waals surface area contributed by atoms with Gasteiger partial charge in [0.2, 0.25) is 0 Å². The normalized spacial score (nSPS) is 18.9. The van der Waals surface area contributed by atoms with Gasteiger partial charge in [0.1, 0.15) is 0 Å². The first kappa shape index (κ1) is 14.7. The summed E-state index contributed by atoms with van der Waals surface area (Å²) in [6.45, 7) is 1.11. The maximum Gasteiger partial charge on any atom is 0.401 e. The number of nitrogens with zero attached hydrogens (tertiary/aromatic N) is 2. The van der Waals surface area contributed by atoms with E-state index in [0.29, 0.717) is 19.1 Å². The van der Waals surface area contributed by atoms with Gasteiger partial charge in [-0.3, -0.25) is 4.90 Å². The van der Waals surface area contributed by atoms with Crippen molar-refractivity contribution in [2.75, 3.05) is 26.2 Å². The molecular formula is C12H18F3N3S. The molecule has 2 rings (SSSR count). The van der Waals surface area contributed by atoms with Crippen LogP contribution in [0.2, 0.25) is 0 Å². The second-order valence-electron chi connectivity index (χ2n) is 4.80. The third-order valence-electron chi connectivity index (χ3n) is 3.25. The van der Waals surface area contributed by atoms with Gasteiger partial charge in [-0.15, -0.1) is 11.3 Å². The van der Waals surface area contributed by atoms with Crippen LogP contribution in [-0.2, 0) is 6.42 Å². The summed E-state index contributed by atoms with van der Waals surface area (Å²) < 4.78 is 36.7. The number of alkyl halides is 3. The van der Waals surface area contributed by atoms with E-state index in [1.165, 1.54) is 4.90 Å². The molecule has 0 bridgehead atoms. The standard InChI is InChI=1S/C12H18F3N3S/c13-12(14,15)9-18-6-2-10(3-7-18)16-4-1-11-17-5-8-19-11/h5,8,10,16H,1-4,6-7,9H2. The van der Waals surface area contributed by atoms with Crippen molar-refractivity contribution < 1.29 is 13.2 Å². The van der Waals surface area contributed by atoms with Crippen LogP contribution in [0.4, 0.5) is 13.2 Å². The zero-order valence-corrected chi connectivity index (χ0v) is 11.4. The first-order valence-corrected chi connectivity index (χ1v) is 7.32. The van der Waals surface area contributed by atoms with Crippen LogP contribution in [0, 0.1) is 0 Å². The van der Waals surface area contributed by atoms with Crippen LogP contribution in [0.1, 0.15) is 17.8 Å². The number of halogens is 3. The smallest absolute Gasteiger partial charge is 0.313 e. The minimum atomic E-state index is -4.08. The number of rotatable bonds is 5. The summed E-state index contributed by atoms with van der Waals surface area (Å²) >= 11 is 1.63. The molecule has 0 aliphatic carbocycles. The lowest BCUT2D eigenvalue weighted by Gasteiger charge is -2.32. The lowest BCUT2D eigenvalue weighted by Crippen LogP contribution is -2.45. The molecule has 0 spiro atoms. The maximum atomic E-state index is 12.2. The number of nitrogens with one attached hydrogen (secondary N) is 1. The van der Waals surface area contributed by atoms with E-state index in [0.717, 1.165) is 30.8 Å². The Morgan fingerprint density at radius 1 is 1.37 bits per heavy atom. The van der Waals surface area contributed by atoms with Gasteiger partial charge in [-0.1, -0.05) is 0 Å². The quantitative estimate of drug-likeness (QED) is 0.903. The highest BCUT2D eigenvalue weighted by molar-refractivity contribution is 7.09. The first-order valence-electron chi connectivity index (χ1n) is 6.44. The highest BCUT2D eigenvalue weighted by Crippen LogP contribution is 2.19. The van der Waals surface area contributed by atoms with E-state index in [4.69, 9.17) is 0 Å². The minimum Gasteiger partial charge on any atom is -0.313 e. The number of piperidine rings is 1. The molecule has 1 saturated heterocycles. The third-order valence-corrected chi connectivity index (χ3v) is 4.09. The molecule has 0 unspecified atom stereocenters. The number of hydrogen-bond acceptors (Lipinski definition) is 4. The SMILES string of the molecule is FC(F)(F)CN1CCC(NCCc2nccs2)CC1. The fraction of sp³-hybridized carbons (Fsp3) is 0.750. The molecule has 0 saturated carbocycles. The molecule has 1 aliphatic rings. The summed E-state index contributed by atoms with van der Waals surface area (Å²) in [5, 5.41) is 6.45. The molecule has 0 aromatic carbocycles. The largest absolute Gasteiger partial charge is 0.401 e. The summed E-state index contributed by atoms with van der Waals surface area (Å²) in [5.41, 5.74) is 0. The van der Waals surface area contributed by atoms with Gasteiger partial charge >= 0.3 is 6.18 Å². The fourth-order valence-electron chi connectivity index (χ4n) is 2.31. The molecule has 19 heavy (non-hydrogen) atoms. The second-order valence-corrected chi connectivity index (χ2v) is 5.77. The Morgan fingerprint density at radius 2 is 2.11 bits per heavy atom. The molecule has 1 aliphatic heterocycles. The molecule has 7 heteroatoms. The molecule has 108 valence electrons. The molecule has 0 atom stereocenters. The van der Waals surface area contributed by atoms with Crippen molar-refractivity contribution in [1.29, 1.82) is 0 Å². The van der Waals surface area contributed by atoms with Crippen molar-refractivity contribution in [2.24, 2.45) is 0 Å². The van der Waals surface area contributed by atoms with Crippen LogP contribution in [0.3, 0.4) is 0 Å². The van der Waals surface area contributed by atoms with E-state index in [9.17, 15) is 13.2 Å². The van der Waals surface area contributed by atoms with Gasteiger partial charge in [0.15, 0.2) is 0 Å². The number of thiazole rings is 1. The monoisotopic (exact) mass is 293 g/mol. The van der Waals surface area contributed by atoms with Crippen molar-refractivity contribution in [3.63, 3.8) is 0 Å². The van der Waals surface area contributed by atoms with E-state index in [2.05, 4.69) is 10.3 Å². The van der Waals surface area contributed by atoms with Crippen molar-refractivity contribution in [3.05, 3.63) is 16.6 Å². The van der Waals surface area contributed by atoms with Gasteiger partial charge in [-0.05, 0) is 25.9 Å². The molecular weight excluding hydrogens is 275 g/mol. The Morgan fingerprint density at radius 3 is 2.68 bits per heavy atom. The Bertz CT molecular complexity index is 359. The van der Waals surface area contributed by atoms with Gasteiger partial charge < -0.3 is 5.32 Å². The van der Waals surface area contributed by atoms with Crippen molar-refractivity contribution >= 4 is 11.3 Å². The van der Waals surface area contributed by atoms with Crippen LogP contribution in [-0.4, -0.2) is 48.3 Å². The average molecular weight is 293 g/mol. The Balaban J connectivity index is 1.61. The van der Waals surface area contributed by atoms with E-state index in [1.807, 2.05) is 5.38 Å². The van der Waals surface area contributed by atoms with E-state index in [1.54, 1.807) is 17.5 Å². The maximum absolute atomic E-state index is 12.2. The van der Waals surface area contributed by atoms with Crippen molar-refractivity contribution in [1.82, 2.24) is 15.2 Å². The predicted molar refractivity (Wildman–Crippen MR) is 69.3 cm³/mol. The topological polar surface area (TPSA) is 28.2 Å². The highest BCUT2D eigenvalue weighted by atomic mass is 32.1. The Labute approximate surface area is 114 Å². The lowest BCUT2D eigenvalue weighted by molar-refractivity contribution is -0.148. The van der Waals surface area contributed by atoms with E-state index < -0.39 is 12.7 Å². The van der Waals surface area contributed by atoms with Gasteiger partial charge in [0, 0.05) is 30.6 Å². The molecule has 1 N–H and O–H groups in total. The summed E-state index contributed by atoms with van der Waals surface area (Å²) in [6, 6.07) is 0.337. The summed E-state index contributed by atoms with van der Waals surface area (Å²) in [6.07, 6.45) is 0.170. The van der Waals surface area contributed by atoms with E-state index >= 15 is 0 Å². The number of hydrogen-bond donors (Lipinski definition) is 1. The van der Waals surface area contributed by atoms with E-state index in [-0.39, 0.29) is 0 Å². The van der Waals surface area contributed by atoms with Gasteiger partial charge in [-0.25, -0.2) is 4.98 Å². The molecule has 0 amide bonds. The summed E-state index contributed by atoms with van der Waals surface area (Å²) in [7, 11) is 0. The summed E-state index contributed by atoms with van der Waals surface area (Å²) in [5.74, 6) is 0. The molecule has 0 radical (unpaired) electrons. The van der Waals surface area contributed by atoms with Crippen molar-refractivity contribution in [2.45, 2.75) is 31.5 Å². The van der Waals surface area contributed by atoms with Crippen LogP contribution in [0.15, 0.2) is 11.6 Å². The van der Waals surface area contributed by atoms with Crippen LogP contribution < -0.4 is 5.32 Å². The van der Waals surface area contributed by atoms with Crippen molar-refractivity contribution in [3.8, 4) is 0 Å². The molecule has 1 aromatic heterocycles. The third kappa shape index (κ3) is 5.46. The van der Waals surface area contributed by atoms with Gasteiger partial charge in [0.05, 0.1) is 11.6 Å². The summed E-state index contributed by atoms with van der Waals surface area (Å²) in [4.78, 5) is 5.68. The predicted octanol–water partition coefficient (Wildman–Crippen LogP) is 2.30. The van der Waals surface area contributed by atoms with Crippen LogP contribution in [0.5, 0.6) is 0 Å². The Hall–Kier alpha value is -0.660. The van der Waals surface area contributed by atoms with Crippen LogP contribution in [0.25, 0.3) is 0 Å². The number of likely N-dealkylation sites (tertiary alicyclic amines) is 1. The second kappa shape index (κ2) is 6.67. The average Bonchev–Trinajstić information content (AvgIpc) is 2.82.